The highest BCUT2D eigenvalue weighted by Crippen LogP contribution is 2.17. The molecule has 0 spiro atoms. The van der Waals surface area contributed by atoms with Gasteiger partial charge in [0.25, 0.3) is 0 Å². The SMILES string of the molecule is CCN(CC)Cc1nnc2sc(CCc3ccccc3)nn12. The van der Waals surface area contributed by atoms with Crippen molar-refractivity contribution in [1.29, 1.82) is 0 Å². The van der Waals surface area contributed by atoms with Gasteiger partial charge in [-0.1, -0.05) is 55.5 Å². The quantitative estimate of drug-likeness (QED) is 0.672. The number of nitrogens with zero attached hydrogens (tertiary/aromatic N) is 5. The molecule has 22 heavy (non-hydrogen) atoms. The van der Waals surface area contributed by atoms with Crippen LogP contribution < -0.4 is 0 Å². The Kier molecular flexibility index (Phi) is 4.80. The Hall–Kier alpha value is -1.79. The lowest BCUT2D eigenvalue weighted by molar-refractivity contribution is 0.286. The van der Waals surface area contributed by atoms with Gasteiger partial charge in [0.15, 0.2) is 5.82 Å². The third kappa shape index (κ3) is 3.34. The molecule has 0 radical (unpaired) electrons. The molecule has 2 aromatic heterocycles. The first-order valence-electron chi connectivity index (χ1n) is 7.76. The topological polar surface area (TPSA) is 46.3 Å². The normalized spacial score (nSPS) is 11.6. The number of aromatic nitrogens is 4. The summed E-state index contributed by atoms with van der Waals surface area (Å²) in [5.41, 5.74) is 1.34. The van der Waals surface area contributed by atoms with Gasteiger partial charge in [-0.25, -0.2) is 0 Å². The predicted octanol–water partition coefficient (Wildman–Crippen LogP) is 2.81. The summed E-state index contributed by atoms with van der Waals surface area (Å²) in [6.45, 7) is 7.14. The second-order valence-electron chi connectivity index (χ2n) is 5.25. The van der Waals surface area contributed by atoms with Crippen LogP contribution in [0.3, 0.4) is 0 Å². The van der Waals surface area contributed by atoms with Crippen molar-refractivity contribution in [3.8, 4) is 0 Å². The Labute approximate surface area is 134 Å². The Morgan fingerprint density at radius 3 is 2.55 bits per heavy atom. The van der Waals surface area contributed by atoms with Crippen LogP contribution in [0.5, 0.6) is 0 Å². The van der Waals surface area contributed by atoms with Gasteiger partial charge in [-0.15, -0.1) is 10.2 Å². The lowest BCUT2D eigenvalue weighted by Crippen LogP contribution is -2.23. The van der Waals surface area contributed by atoms with Crippen molar-refractivity contribution in [3.63, 3.8) is 0 Å². The van der Waals surface area contributed by atoms with Crippen molar-refractivity contribution in [2.75, 3.05) is 13.1 Å². The standard InChI is InChI=1S/C16H21N5S/c1-3-20(4-2)12-14-17-18-16-21(14)19-15(22-16)11-10-13-8-6-5-7-9-13/h5-9H,3-4,10-12H2,1-2H3. The molecule has 0 aliphatic carbocycles. The van der Waals surface area contributed by atoms with Gasteiger partial charge in [-0.2, -0.15) is 9.61 Å². The number of hydrogen-bond donors (Lipinski definition) is 0. The molecular weight excluding hydrogens is 294 g/mol. The van der Waals surface area contributed by atoms with Crippen LogP contribution in [-0.4, -0.2) is 37.8 Å². The second kappa shape index (κ2) is 6.98. The van der Waals surface area contributed by atoms with Crippen molar-refractivity contribution in [1.82, 2.24) is 24.7 Å². The van der Waals surface area contributed by atoms with Gasteiger partial charge in [0.05, 0.1) is 6.54 Å². The molecule has 0 aliphatic heterocycles. The molecule has 0 saturated heterocycles. The number of benzene rings is 1. The zero-order chi connectivity index (χ0) is 15.4. The van der Waals surface area contributed by atoms with Crippen molar-refractivity contribution < 1.29 is 0 Å². The fraction of sp³-hybridized carbons (Fsp3) is 0.438. The zero-order valence-corrected chi connectivity index (χ0v) is 13.9. The van der Waals surface area contributed by atoms with Gasteiger partial charge in [0.2, 0.25) is 4.96 Å². The summed E-state index contributed by atoms with van der Waals surface area (Å²) in [5, 5.41) is 14.3. The lowest BCUT2D eigenvalue weighted by Gasteiger charge is -2.15. The first kappa shape index (κ1) is 15.1. The van der Waals surface area contributed by atoms with E-state index < -0.39 is 0 Å². The van der Waals surface area contributed by atoms with E-state index in [1.54, 1.807) is 11.3 Å². The minimum atomic E-state index is 0.802. The molecule has 0 fully saturated rings. The maximum Gasteiger partial charge on any atom is 0.234 e. The number of rotatable bonds is 7. The van der Waals surface area contributed by atoms with E-state index in [0.717, 1.165) is 48.3 Å². The Balaban J connectivity index is 1.72. The Morgan fingerprint density at radius 1 is 1.05 bits per heavy atom. The number of aryl methyl sites for hydroxylation is 2. The van der Waals surface area contributed by atoms with Gasteiger partial charge >= 0.3 is 0 Å². The third-order valence-electron chi connectivity index (χ3n) is 3.83. The minimum absolute atomic E-state index is 0.802. The molecule has 0 saturated carbocycles. The van der Waals surface area contributed by atoms with Crippen molar-refractivity contribution in [3.05, 3.63) is 46.7 Å². The predicted molar refractivity (Wildman–Crippen MR) is 89.1 cm³/mol. The average molecular weight is 315 g/mol. The minimum Gasteiger partial charge on any atom is -0.296 e. The molecule has 1 aromatic carbocycles. The highest BCUT2D eigenvalue weighted by molar-refractivity contribution is 7.16. The van der Waals surface area contributed by atoms with Crippen molar-refractivity contribution >= 4 is 16.3 Å². The maximum absolute atomic E-state index is 4.69. The van der Waals surface area contributed by atoms with Crippen LogP contribution in [0.15, 0.2) is 30.3 Å². The molecule has 0 unspecified atom stereocenters. The largest absolute Gasteiger partial charge is 0.296 e. The van der Waals surface area contributed by atoms with Crippen LogP contribution >= 0.6 is 11.3 Å². The van der Waals surface area contributed by atoms with Crippen molar-refractivity contribution in [2.45, 2.75) is 33.2 Å². The molecule has 6 heteroatoms. The van der Waals surface area contributed by atoms with E-state index in [9.17, 15) is 0 Å². The average Bonchev–Trinajstić information content (AvgIpc) is 3.12. The van der Waals surface area contributed by atoms with E-state index in [4.69, 9.17) is 5.10 Å². The van der Waals surface area contributed by atoms with E-state index in [1.165, 1.54) is 5.56 Å². The molecule has 0 amide bonds. The summed E-state index contributed by atoms with van der Waals surface area (Å²) in [6, 6.07) is 10.5. The van der Waals surface area contributed by atoms with Crippen LogP contribution in [-0.2, 0) is 19.4 Å². The first-order valence-corrected chi connectivity index (χ1v) is 8.58. The molecule has 0 atom stereocenters. The summed E-state index contributed by atoms with van der Waals surface area (Å²) in [6.07, 6.45) is 1.96. The van der Waals surface area contributed by atoms with Crippen molar-refractivity contribution in [2.24, 2.45) is 0 Å². The summed E-state index contributed by atoms with van der Waals surface area (Å²) in [5.74, 6) is 0.931. The van der Waals surface area contributed by atoms with Gasteiger partial charge in [0, 0.05) is 6.42 Å². The third-order valence-corrected chi connectivity index (χ3v) is 4.79. The molecule has 5 nitrogen and oxygen atoms in total. The first-order chi connectivity index (χ1) is 10.8. The number of fused-ring (bicyclic) bond motifs is 1. The lowest BCUT2D eigenvalue weighted by atomic mass is 10.1. The van der Waals surface area contributed by atoms with E-state index in [-0.39, 0.29) is 0 Å². The monoisotopic (exact) mass is 315 g/mol. The van der Waals surface area contributed by atoms with Gasteiger partial charge in [0.1, 0.15) is 5.01 Å². The van der Waals surface area contributed by atoms with E-state index in [0.29, 0.717) is 0 Å². The fourth-order valence-electron chi connectivity index (χ4n) is 2.44. The summed E-state index contributed by atoms with van der Waals surface area (Å²) in [4.78, 5) is 3.21. The van der Waals surface area contributed by atoms with E-state index in [1.807, 2.05) is 10.6 Å². The van der Waals surface area contributed by atoms with Crippen LogP contribution in [0.25, 0.3) is 4.96 Å². The summed E-state index contributed by atoms with van der Waals surface area (Å²) in [7, 11) is 0. The van der Waals surface area contributed by atoms with Crippen LogP contribution in [0.2, 0.25) is 0 Å². The summed E-state index contributed by atoms with van der Waals surface area (Å²) < 4.78 is 1.91. The smallest absolute Gasteiger partial charge is 0.234 e. The fourth-order valence-corrected chi connectivity index (χ4v) is 3.29. The molecular formula is C16H21N5S. The highest BCUT2D eigenvalue weighted by atomic mass is 32.1. The van der Waals surface area contributed by atoms with Crippen LogP contribution in [0, 0.1) is 0 Å². The highest BCUT2D eigenvalue weighted by Gasteiger charge is 2.13. The van der Waals surface area contributed by atoms with Gasteiger partial charge in [-0.05, 0) is 25.1 Å². The van der Waals surface area contributed by atoms with Gasteiger partial charge < -0.3 is 0 Å². The van der Waals surface area contributed by atoms with Gasteiger partial charge in [-0.3, -0.25) is 4.90 Å². The van der Waals surface area contributed by atoms with Crippen LogP contribution in [0.1, 0.15) is 30.2 Å². The molecule has 116 valence electrons. The Bertz CT molecular complexity index is 715. The Morgan fingerprint density at radius 2 is 1.82 bits per heavy atom. The zero-order valence-electron chi connectivity index (χ0n) is 13.1. The number of hydrogen-bond acceptors (Lipinski definition) is 5. The second-order valence-corrected chi connectivity index (χ2v) is 6.29. The molecule has 0 aliphatic rings. The summed E-state index contributed by atoms with van der Waals surface area (Å²) >= 11 is 1.64. The molecule has 2 heterocycles. The molecule has 3 rings (SSSR count). The maximum atomic E-state index is 4.69. The van der Waals surface area contributed by atoms with E-state index >= 15 is 0 Å². The van der Waals surface area contributed by atoms with E-state index in [2.05, 4.69) is 53.2 Å². The molecule has 3 aromatic rings. The molecule has 0 N–H and O–H groups in total. The molecule has 0 bridgehead atoms. The van der Waals surface area contributed by atoms with Crippen LogP contribution in [0.4, 0.5) is 0 Å².